The van der Waals surface area contributed by atoms with Crippen LogP contribution in [0.1, 0.15) is 12.7 Å². The van der Waals surface area contributed by atoms with Crippen molar-refractivity contribution >= 4 is 22.6 Å². The predicted molar refractivity (Wildman–Crippen MR) is 67.2 cm³/mol. The SMILES string of the molecule is Cc1nsc(NC(=O)C(C)N2CCNCC2)n1. The van der Waals surface area contributed by atoms with Crippen molar-refractivity contribution in [3.8, 4) is 0 Å². The van der Waals surface area contributed by atoms with Gasteiger partial charge in [-0.05, 0) is 13.8 Å². The van der Waals surface area contributed by atoms with E-state index in [9.17, 15) is 4.79 Å². The number of aryl methyl sites for hydroxylation is 1. The molecule has 0 aromatic carbocycles. The summed E-state index contributed by atoms with van der Waals surface area (Å²) in [5.74, 6) is 0.683. The Hall–Kier alpha value is -1.05. The van der Waals surface area contributed by atoms with Gasteiger partial charge in [-0.1, -0.05) is 0 Å². The average molecular weight is 255 g/mol. The van der Waals surface area contributed by atoms with E-state index in [-0.39, 0.29) is 11.9 Å². The number of carbonyl (C=O) groups is 1. The molecule has 1 unspecified atom stereocenters. The molecular formula is C10H17N5OS. The van der Waals surface area contributed by atoms with Gasteiger partial charge in [0.2, 0.25) is 11.0 Å². The molecule has 0 radical (unpaired) electrons. The zero-order chi connectivity index (χ0) is 12.3. The quantitative estimate of drug-likeness (QED) is 0.800. The van der Waals surface area contributed by atoms with E-state index < -0.39 is 0 Å². The van der Waals surface area contributed by atoms with Crippen LogP contribution in [0.4, 0.5) is 5.13 Å². The summed E-state index contributed by atoms with van der Waals surface area (Å²) in [5.41, 5.74) is 0. The number of nitrogens with one attached hydrogen (secondary N) is 2. The number of hydrogen-bond donors (Lipinski definition) is 2. The second-order valence-electron chi connectivity index (χ2n) is 4.10. The van der Waals surface area contributed by atoms with Crippen LogP contribution in [0.25, 0.3) is 0 Å². The maximum absolute atomic E-state index is 12.0. The first kappa shape index (κ1) is 12.4. The summed E-state index contributed by atoms with van der Waals surface area (Å²) in [7, 11) is 0. The van der Waals surface area contributed by atoms with Gasteiger partial charge in [-0.25, -0.2) is 4.98 Å². The molecule has 1 atom stereocenters. The Morgan fingerprint density at radius 2 is 2.24 bits per heavy atom. The number of rotatable bonds is 3. The van der Waals surface area contributed by atoms with Crippen LogP contribution in [0.3, 0.4) is 0 Å². The summed E-state index contributed by atoms with van der Waals surface area (Å²) in [5, 5.41) is 6.65. The van der Waals surface area contributed by atoms with Crippen LogP contribution >= 0.6 is 11.5 Å². The number of piperazine rings is 1. The van der Waals surface area contributed by atoms with Gasteiger partial charge in [0.05, 0.1) is 6.04 Å². The van der Waals surface area contributed by atoms with Crippen molar-refractivity contribution in [3.63, 3.8) is 0 Å². The molecule has 1 saturated heterocycles. The lowest BCUT2D eigenvalue weighted by molar-refractivity contribution is -0.120. The maximum atomic E-state index is 12.0. The monoisotopic (exact) mass is 255 g/mol. The summed E-state index contributed by atoms with van der Waals surface area (Å²) < 4.78 is 4.03. The minimum atomic E-state index is -0.124. The number of aromatic nitrogens is 2. The summed E-state index contributed by atoms with van der Waals surface area (Å²) in [6, 6.07) is -0.124. The van der Waals surface area contributed by atoms with Gasteiger partial charge in [-0.2, -0.15) is 4.37 Å². The van der Waals surface area contributed by atoms with Crippen LogP contribution in [0.15, 0.2) is 0 Å². The Bertz CT molecular complexity index is 388. The van der Waals surface area contributed by atoms with Crippen molar-refractivity contribution in [1.29, 1.82) is 0 Å². The fourth-order valence-corrected chi connectivity index (χ4v) is 2.37. The third-order valence-electron chi connectivity index (χ3n) is 2.84. The lowest BCUT2D eigenvalue weighted by Gasteiger charge is -2.31. The Kier molecular flexibility index (Phi) is 4.03. The van der Waals surface area contributed by atoms with E-state index in [1.165, 1.54) is 11.5 Å². The summed E-state index contributed by atoms with van der Waals surface area (Å²) in [6.45, 7) is 7.43. The minimum absolute atomic E-state index is 0.0111. The molecule has 6 nitrogen and oxygen atoms in total. The average Bonchev–Trinajstić information content (AvgIpc) is 2.75. The third-order valence-corrected chi connectivity index (χ3v) is 3.56. The smallest absolute Gasteiger partial charge is 0.243 e. The van der Waals surface area contributed by atoms with Gasteiger partial charge in [0.15, 0.2) is 0 Å². The van der Waals surface area contributed by atoms with Crippen molar-refractivity contribution in [2.45, 2.75) is 19.9 Å². The van der Waals surface area contributed by atoms with Gasteiger partial charge in [0, 0.05) is 37.7 Å². The second-order valence-corrected chi connectivity index (χ2v) is 4.85. The molecule has 0 bridgehead atoms. The lowest BCUT2D eigenvalue weighted by atomic mass is 10.2. The van der Waals surface area contributed by atoms with Crippen molar-refractivity contribution in [2.75, 3.05) is 31.5 Å². The molecular weight excluding hydrogens is 238 g/mol. The number of nitrogens with zero attached hydrogens (tertiary/aromatic N) is 3. The number of carbonyl (C=O) groups excluding carboxylic acids is 1. The number of anilines is 1. The van der Waals surface area contributed by atoms with E-state index in [0.717, 1.165) is 26.2 Å². The van der Waals surface area contributed by atoms with Gasteiger partial charge in [-0.3, -0.25) is 15.0 Å². The molecule has 1 aliphatic rings. The molecule has 7 heteroatoms. The van der Waals surface area contributed by atoms with Crippen LogP contribution in [-0.4, -0.2) is 52.4 Å². The van der Waals surface area contributed by atoms with Crippen molar-refractivity contribution in [2.24, 2.45) is 0 Å². The van der Waals surface area contributed by atoms with Gasteiger partial charge >= 0.3 is 0 Å². The molecule has 94 valence electrons. The van der Waals surface area contributed by atoms with Gasteiger partial charge in [0.25, 0.3) is 0 Å². The normalized spacial score (nSPS) is 18.9. The molecule has 2 rings (SSSR count). The van der Waals surface area contributed by atoms with Gasteiger partial charge in [0.1, 0.15) is 5.82 Å². The maximum Gasteiger partial charge on any atom is 0.243 e. The molecule has 1 aliphatic heterocycles. The first-order valence-corrected chi connectivity index (χ1v) is 6.50. The third kappa shape index (κ3) is 3.21. The van der Waals surface area contributed by atoms with E-state index in [4.69, 9.17) is 0 Å². The number of amides is 1. The molecule has 1 amide bonds. The van der Waals surface area contributed by atoms with Crippen LogP contribution in [-0.2, 0) is 4.79 Å². The van der Waals surface area contributed by atoms with E-state index in [0.29, 0.717) is 11.0 Å². The molecule has 1 fully saturated rings. The second kappa shape index (κ2) is 5.52. The number of hydrogen-bond acceptors (Lipinski definition) is 6. The van der Waals surface area contributed by atoms with Crippen molar-refractivity contribution < 1.29 is 4.79 Å². The van der Waals surface area contributed by atoms with Gasteiger partial charge < -0.3 is 5.32 Å². The highest BCUT2D eigenvalue weighted by molar-refractivity contribution is 7.09. The molecule has 2 N–H and O–H groups in total. The summed E-state index contributed by atoms with van der Waals surface area (Å²) in [4.78, 5) is 18.3. The lowest BCUT2D eigenvalue weighted by Crippen LogP contribution is -2.51. The van der Waals surface area contributed by atoms with E-state index in [2.05, 4.69) is 24.9 Å². The Balaban J connectivity index is 1.90. The largest absolute Gasteiger partial charge is 0.314 e. The zero-order valence-electron chi connectivity index (χ0n) is 10.1. The Morgan fingerprint density at radius 1 is 1.53 bits per heavy atom. The predicted octanol–water partition coefficient (Wildman–Crippen LogP) is 0.0787. The fraction of sp³-hybridized carbons (Fsp3) is 0.700. The summed E-state index contributed by atoms with van der Waals surface area (Å²) >= 11 is 1.22. The molecule has 1 aromatic heterocycles. The van der Waals surface area contributed by atoms with E-state index >= 15 is 0 Å². The van der Waals surface area contributed by atoms with Crippen LogP contribution in [0.5, 0.6) is 0 Å². The highest BCUT2D eigenvalue weighted by atomic mass is 32.1. The molecule has 0 spiro atoms. The summed E-state index contributed by atoms with van der Waals surface area (Å²) in [6.07, 6.45) is 0. The molecule has 0 aliphatic carbocycles. The highest BCUT2D eigenvalue weighted by Gasteiger charge is 2.23. The van der Waals surface area contributed by atoms with Crippen molar-refractivity contribution in [3.05, 3.63) is 5.82 Å². The first-order valence-electron chi connectivity index (χ1n) is 5.73. The first-order chi connectivity index (χ1) is 8.16. The molecule has 0 saturated carbocycles. The van der Waals surface area contributed by atoms with Crippen LogP contribution in [0, 0.1) is 6.92 Å². The molecule has 1 aromatic rings. The minimum Gasteiger partial charge on any atom is -0.314 e. The standard InChI is InChI=1S/C10H17N5OS/c1-7(15-5-3-11-4-6-15)9(16)13-10-12-8(2)14-17-10/h7,11H,3-6H2,1-2H3,(H,12,13,14,16). The fourth-order valence-electron chi connectivity index (χ4n) is 1.79. The Labute approximate surface area is 105 Å². The van der Waals surface area contributed by atoms with Crippen LogP contribution < -0.4 is 10.6 Å². The van der Waals surface area contributed by atoms with E-state index in [1.54, 1.807) is 0 Å². The van der Waals surface area contributed by atoms with Gasteiger partial charge in [-0.15, -0.1) is 0 Å². The molecule has 2 heterocycles. The van der Waals surface area contributed by atoms with Crippen molar-refractivity contribution in [1.82, 2.24) is 19.6 Å². The zero-order valence-corrected chi connectivity index (χ0v) is 10.9. The molecule has 17 heavy (non-hydrogen) atoms. The topological polar surface area (TPSA) is 70.2 Å². The highest BCUT2D eigenvalue weighted by Crippen LogP contribution is 2.11. The Morgan fingerprint density at radius 3 is 2.82 bits per heavy atom. The van der Waals surface area contributed by atoms with Crippen LogP contribution in [0.2, 0.25) is 0 Å². The van der Waals surface area contributed by atoms with E-state index in [1.807, 2.05) is 13.8 Å².